The van der Waals surface area contributed by atoms with Crippen LogP contribution in [0.5, 0.6) is 0 Å². The van der Waals surface area contributed by atoms with Crippen LogP contribution in [0.25, 0.3) is 0 Å². The van der Waals surface area contributed by atoms with Gasteiger partial charge in [-0.2, -0.15) is 0 Å². The SMILES string of the molecule is CCCCCC(=O)OC(O)CC. The van der Waals surface area contributed by atoms with Crippen molar-refractivity contribution in [1.82, 2.24) is 0 Å². The number of carbonyl (C=O) groups excluding carboxylic acids is 1. The molecule has 0 amide bonds. The summed E-state index contributed by atoms with van der Waals surface area (Å²) in [5.74, 6) is -0.294. The van der Waals surface area contributed by atoms with Gasteiger partial charge in [-0.1, -0.05) is 26.7 Å². The van der Waals surface area contributed by atoms with Crippen molar-refractivity contribution >= 4 is 5.97 Å². The molecule has 0 aromatic carbocycles. The zero-order valence-electron chi connectivity index (χ0n) is 7.88. The molecule has 0 aliphatic carbocycles. The first-order valence-corrected chi connectivity index (χ1v) is 4.58. The minimum Gasteiger partial charge on any atom is -0.436 e. The number of esters is 1. The summed E-state index contributed by atoms with van der Waals surface area (Å²) >= 11 is 0. The molecule has 3 heteroatoms. The molecule has 0 spiro atoms. The Bertz CT molecular complexity index is 123. The molecule has 0 rings (SSSR count). The van der Waals surface area contributed by atoms with Crippen LogP contribution in [0.2, 0.25) is 0 Å². The smallest absolute Gasteiger partial charge is 0.308 e. The zero-order valence-corrected chi connectivity index (χ0v) is 7.88. The monoisotopic (exact) mass is 174 g/mol. The van der Waals surface area contributed by atoms with Gasteiger partial charge in [-0.3, -0.25) is 4.79 Å². The van der Waals surface area contributed by atoms with Crippen LogP contribution in [-0.4, -0.2) is 17.4 Å². The van der Waals surface area contributed by atoms with E-state index in [4.69, 9.17) is 5.11 Å². The lowest BCUT2D eigenvalue weighted by Gasteiger charge is -2.08. The number of carbonyl (C=O) groups is 1. The molecular formula is C9H18O3. The molecule has 0 heterocycles. The van der Waals surface area contributed by atoms with E-state index in [0.717, 1.165) is 19.3 Å². The van der Waals surface area contributed by atoms with E-state index in [9.17, 15) is 4.79 Å². The van der Waals surface area contributed by atoms with Gasteiger partial charge < -0.3 is 9.84 Å². The molecule has 0 aromatic heterocycles. The van der Waals surface area contributed by atoms with Gasteiger partial charge in [-0.15, -0.1) is 0 Å². The van der Waals surface area contributed by atoms with Gasteiger partial charge in [0.1, 0.15) is 0 Å². The molecule has 1 N–H and O–H groups in total. The van der Waals surface area contributed by atoms with Crippen molar-refractivity contribution in [3.63, 3.8) is 0 Å². The van der Waals surface area contributed by atoms with Crippen molar-refractivity contribution in [3.05, 3.63) is 0 Å². The van der Waals surface area contributed by atoms with Crippen LogP contribution in [-0.2, 0) is 9.53 Å². The number of unbranched alkanes of at least 4 members (excludes halogenated alkanes) is 2. The van der Waals surface area contributed by atoms with Gasteiger partial charge in [-0.05, 0) is 6.42 Å². The van der Waals surface area contributed by atoms with Gasteiger partial charge in [0, 0.05) is 12.8 Å². The van der Waals surface area contributed by atoms with E-state index in [1.165, 1.54) is 0 Å². The highest BCUT2D eigenvalue weighted by atomic mass is 16.6. The number of rotatable bonds is 6. The first-order chi connectivity index (χ1) is 5.70. The minimum atomic E-state index is -0.917. The molecule has 0 saturated carbocycles. The topological polar surface area (TPSA) is 46.5 Å². The molecular weight excluding hydrogens is 156 g/mol. The Balaban J connectivity index is 3.33. The maximum absolute atomic E-state index is 10.9. The number of hydrogen-bond acceptors (Lipinski definition) is 3. The molecule has 0 saturated heterocycles. The minimum absolute atomic E-state index is 0.294. The highest BCUT2D eigenvalue weighted by Crippen LogP contribution is 2.02. The Morgan fingerprint density at radius 2 is 2.08 bits per heavy atom. The molecule has 0 aliphatic heterocycles. The number of aliphatic hydroxyl groups is 1. The Morgan fingerprint density at radius 3 is 2.58 bits per heavy atom. The van der Waals surface area contributed by atoms with E-state index in [1.807, 2.05) is 0 Å². The van der Waals surface area contributed by atoms with Crippen LogP contribution < -0.4 is 0 Å². The molecule has 0 bridgehead atoms. The maximum Gasteiger partial charge on any atom is 0.308 e. The van der Waals surface area contributed by atoms with Gasteiger partial charge in [0.25, 0.3) is 0 Å². The summed E-state index contributed by atoms with van der Waals surface area (Å²) in [6.07, 6.45) is 2.94. The van der Waals surface area contributed by atoms with Gasteiger partial charge in [-0.25, -0.2) is 0 Å². The Hall–Kier alpha value is -0.570. The summed E-state index contributed by atoms with van der Waals surface area (Å²) in [5, 5.41) is 8.94. The van der Waals surface area contributed by atoms with Gasteiger partial charge in [0.05, 0.1) is 0 Å². The Labute approximate surface area is 73.7 Å². The molecule has 0 aromatic rings. The third-order valence-electron chi connectivity index (χ3n) is 1.60. The van der Waals surface area contributed by atoms with Crippen LogP contribution >= 0.6 is 0 Å². The largest absolute Gasteiger partial charge is 0.436 e. The number of hydrogen-bond donors (Lipinski definition) is 1. The Kier molecular flexibility index (Phi) is 6.76. The van der Waals surface area contributed by atoms with Crippen molar-refractivity contribution in [3.8, 4) is 0 Å². The average Bonchev–Trinajstić information content (AvgIpc) is 2.05. The van der Waals surface area contributed by atoms with Crippen molar-refractivity contribution in [2.75, 3.05) is 0 Å². The first-order valence-electron chi connectivity index (χ1n) is 4.58. The third kappa shape index (κ3) is 6.16. The summed E-state index contributed by atoms with van der Waals surface area (Å²) in [5.41, 5.74) is 0. The van der Waals surface area contributed by atoms with Crippen LogP contribution in [0.4, 0.5) is 0 Å². The van der Waals surface area contributed by atoms with E-state index in [0.29, 0.717) is 12.8 Å². The second-order valence-electron chi connectivity index (χ2n) is 2.81. The quantitative estimate of drug-likeness (QED) is 0.379. The van der Waals surface area contributed by atoms with Crippen LogP contribution in [0, 0.1) is 0 Å². The van der Waals surface area contributed by atoms with Crippen molar-refractivity contribution in [2.24, 2.45) is 0 Å². The third-order valence-corrected chi connectivity index (χ3v) is 1.60. The fourth-order valence-corrected chi connectivity index (χ4v) is 0.813. The average molecular weight is 174 g/mol. The molecule has 0 aliphatic rings. The first kappa shape index (κ1) is 11.4. The lowest BCUT2D eigenvalue weighted by atomic mass is 10.2. The Morgan fingerprint density at radius 1 is 1.42 bits per heavy atom. The second kappa shape index (κ2) is 7.10. The van der Waals surface area contributed by atoms with Crippen molar-refractivity contribution in [2.45, 2.75) is 52.2 Å². The van der Waals surface area contributed by atoms with Gasteiger partial charge in [0.15, 0.2) is 6.29 Å². The normalized spacial score (nSPS) is 12.6. The van der Waals surface area contributed by atoms with Crippen molar-refractivity contribution in [1.29, 1.82) is 0 Å². The fourth-order valence-electron chi connectivity index (χ4n) is 0.813. The van der Waals surface area contributed by atoms with Crippen molar-refractivity contribution < 1.29 is 14.6 Å². The molecule has 0 radical (unpaired) electrons. The lowest BCUT2D eigenvalue weighted by molar-refractivity contribution is -0.168. The molecule has 1 unspecified atom stereocenters. The fraction of sp³-hybridized carbons (Fsp3) is 0.889. The summed E-state index contributed by atoms with van der Waals surface area (Å²) in [6.45, 7) is 3.84. The standard InChI is InChI=1S/C9H18O3/c1-3-5-6-7-9(11)12-8(10)4-2/h8,10H,3-7H2,1-2H3. The molecule has 1 atom stereocenters. The number of aliphatic hydroxyl groups excluding tert-OH is 1. The summed E-state index contributed by atoms with van der Waals surface area (Å²) in [6, 6.07) is 0. The van der Waals surface area contributed by atoms with E-state index in [-0.39, 0.29) is 5.97 Å². The molecule has 3 nitrogen and oxygen atoms in total. The van der Waals surface area contributed by atoms with E-state index in [2.05, 4.69) is 11.7 Å². The maximum atomic E-state index is 10.9. The molecule has 12 heavy (non-hydrogen) atoms. The second-order valence-corrected chi connectivity index (χ2v) is 2.81. The van der Waals surface area contributed by atoms with Crippen LogP contribution in [0.15, 0.2) is 0 Å². The highest BCUT2D eigenvalue weighted by Gasteiger charge is 2.07. The molecule has 72 valence electrons. The highest BCUT2D eigenvalue weighted by molar-refractivity contribution is 5.69. The van der Waals surface area contributed by atoms with Gasteiger partial charge in [0.2, 0.25) is 0 Å². The van der Waals surface area contributed by atoms with Gasteiger partial charge >= 0.3 is 5.97 Å². The van der Waals surface area contributed by atoms with Crippen LogP contribution in [0.1, 0.15) is 46.0 Å². The molecule has 0 fully saturated rings. The van der Waals surface area contributed by atoms with Crippen LogP contribution in [0.3, 0.4) is 0 Å². The zero-order chi connectivity index (χ0) is 9.40. The van der Waals surface area contributed by atoms with E-state index < -0.39 is 6.29 Å². The predicted molar refractivity (Wildman–Crippen MR) is 46.5 cm³/mol. The van der Waals surface area contributed by atoms with E-state index >= 15 is 0 Å². The van der Waals surface area contributed by atoms with E-state index in [1.54, 1.807) is 6.92 Å². The summed E-state index contributed by atoms with van der Waals surface area (Å²) in [7, 11) is 0. The predicted octanol–water partition coefficient (Wildman–Crippen LogP) is 1.84. The summed E-state index contributed by atoms with van der Waals surface area (Å²) in [4.78, 5) is 10.9. The lowest BCUT2D eigenvalue weighted by Crippen LogP contribution is -2.16. The summed E-state index contributed by atoms with van der Waals surface area (Å²) < 4.78 is 4.66. The number of ether oxygens (including phenoxy) is 1.